The van der Waals surface area contributed by atoms with Gasteiger partial charge in [0.15, 0.2) is 34.3 Å². The molecule has 0 bridgehead atoms. The van der Waals surface area contributed by atoms with Crippen LogP contribution in [0.1, 0.15) is 56.8 Å². The molecule has 47 heavy (non-hydrogen) atoms. The van der Waals surface area contributed by atoms with Gasteiger partial charge in [-0.15, -0.1) is 6.42 Å². The van der Waals surface area contributed by atoms with Gasteiger partial charge in [-0.1, -0.05) is 33.6 Å². The fourth-order valence-corrected chi connectivity index (χ4v) is 4.87. The van der Waals surface area contributed by atoms with Gasteiger partial charge in [0.25, 0.3) is 6.08 Å². The summed E-state index contributed by atoms with van der Waals surface area (Å²) < 4.78 is 55.6. The molecule has 4 aromatic rings. The number of esters is 2. The van der Waals surface area contributed by atoms with Gasteiger partial charge in [0.2, 0.25) is 5.60 Å². The zero-order valence-electron chi connectivity index (χ0n) is 26.4. The van der Waals surface area contributed by atoms with Crippen LogP contribution in [0.3, 0.4) is 0 Å². The molecule has 0 amide bonds. The van der Waals surface area contributed by atoms with Crippen molar-refractivity contribution in [3.63, 3.8) is 0 Å². The van der Waals surface area contributed by atoms with E-state index in [1.54, 1.807) is 27.7 Å². The second kappa shape index (κ2) is 12.9. The van der Waals surface area contributed by atoms with Gasteiger partial charge in [0, 0.05) is 0 Å². The minimum Gasteiger partial charge on any atom is -0.461 e. The number of ether oxygens (including phenoxy) is 3. The third-order valence-corrected chi connectivity index (χ3v) is 7.54. The molecule has 0 N–H and O–H groups in total. The minimum absolute atomic E-state index is 0.00144. The van der Waals surface area contributed by atoms with Gasteiger partial charge in [-0.05, 0) is 13.8 Å². The van der Waals surface area contributed by atoms with E-state index in [-0.39, 0.29) is 59.4 Å². The highest BCUT2D eigenvalue weighted by Gasteiger charge is 2.54. The van der Waals surface area contributed by atoms with Crippen LogP contribution in [0.2, 0.25) is 0 Å². The lowest BCUT2D eigenvalue weighted by molar-refractivity contribution is -0.168. The maximum Gasteiger partial charge on any atom is 0.519 e. The predicted octanol–water partition coefficient (Wildman–Crippen LogP) is 1.94. The SMILES string of the molecule is C#C[C@]1(COC(=O)C(C)C)OCC(n2cnc3c(=NCc4oc(=O)oc4C)n(Cc4oc(=O)oc4C)c(F)nc32)[C@@H]1OC(=O)C(C)C. The summed E-state index contributed by atoms with van der Waals surface area (Å²) in [5.74, 6) is -1.22. The van der Waals surface area contributed by atoms with E-state index < -0.39 is 65.9 Å². The molecule has 5 rings (SSSR count). The highest BCUT2D eigenvalue weighted by atomic mass is 19.1. The third-order valence-electron chi connectivity index (χ3n) is 7.54. The summed E-state index contributed by atoms with van der Waals surface area (Å²) in [5.41, 5.74) is -1.75. The Bertz CT molecular complexity index is 2050. The number of carbonyl (C=O) groups excluding carboxylic acids is 2. The smallest absolute Gasteiger partial charge is 0.461 e. The molecule has 0 radical (unpaired) electrons. The van der Waals surface area contributed by atoms with Gasteiger partial charge in [-0.25, -0.2) is 14.6 Å². The number of hydrogen-bond acceptors (Lipinski definition) is 14. The van der Waals surface area contributed by atoms with Gasteiger partial charge >= 0.3 is 23.6 Å². The summed E-state index contributed by atoms with van der Waals surface area (Å²) >= 11 is 0. The third kappa shape index (κ3) is 6.41. The van der Waals surface area contributed by atoms with E-state index in [0.717, 1.165) is 4.57 Å². The summed E-state index contributed by atoms with van der Waals surface area (Å²) in [7, 11) is 0. The zero-order chi connectivity index (χ0) is 34.2. The number of hydrogen-bond donors (Lipinski definition) is 0. The number of carbonyl (C=O) groups is 2. The number of halogens is 1. The largest absolute Gasteiger partial charge is 0.519 e. The van der Waals surface area contributed by atoms with E-state index in [9.17, 15) is 19.2 Å². The van der Waals surface area contributed by atoms with Crippen LogP contribution in [-0.4, -0.2) is 56.0 Å². The van der Waals surface area contributed by atoms with Crippen LogP contribution < -0.4 is 17.1 Å². The molecule has 1 fully saturated rings. The predicted molar refractivity (Wildman–Crippen MR) is 155 cm³/mol. The second-order valence-corrected chi connectivity index (χ2v) is 11.5. The Morgan fingerprint density at radius 3 is 2.30 bits per heavy atom. The van der Waals surface area contributed by atoms with Gasteiger partial charge in [-0.2, -0.15) is 9.37 Å². The molecule has 17 heteroatoms. The molecule has 3 atom stereocenters. The fourth-order valence-electron chi connectivity index (χ4n) is 4.87. The molecule has 1 unspecified atom stereocenters. The van der Waals surface area contributed by atoms with E-state index in [2.05, 4.69) is 20.9 Å². The average molecular weight is 658 g/mol. The Morgan fingerprint density at radius 1 is 1.09 bits per heavy atom. The maximum atomic E-state index is 16.0. The highest BCUT2D eigenvalue weighted by molar-refractivity contribution is 5.73. The summed E-state index contributed by atoms with van der Waals surface area (Å²) in [6.07, 6.45) is 4.94. The molecule has 16 nitrogen and oxygen atoms in total. The van der Waals surface area contributed by atoms with Crippen LogP contribution in [0.5, 0.6) is 0 Å². The summed E-state index contributed by atoms with van der Waals surface area (Å²) in [6, 6.07) is -0.907. The number of imidazole rings is 1. The Kier molecular flexibility index (Phi) is 9.07. The van der Waals surface area contributed by atoms with Crippen LogP contribution in [0, 0.1) is 44.1 Å². The fraction of sp³-hybridized carbons (Fsp3) is 0.500. The molecule has 1 saturated heterocycles. The number of aromatic nitrogens is 4. The summed E-state index contributed by atoms with van der Waals surface area (Å²) in [4.78, 5) is 61.6. The van der Waals surface area contributed by atoms with Crippen molar-refractivity contribution in [1.82, 2.24) is 19.1 Å². The summed E-state index contributed by atoms with van der Waals surface area (Å²) in [6.45, 7) is 8.31. The Morgan fingerprint density at radius 2 is 1.72 bits per heavy atom. The number of nitrogens with zero attached hydrogens (tertiary/aromatic N) is 5. The number of aryl methyl sites for hydroxylation is 2. The number of rotatable bonds is 10. The standard InChI is InChI=1S/C30H32FN5O11/c1-8-30(12-41-25(37)14(2)3)22(47-26(38)15(4)5)18(11-42-30)36-13-33-21-23(32-9-19-16(6)43-28(39)45-19)35(27(31)34-24(21)36)10-20-17(7)44-29(40)46-20/h1,13-15,18,22H,9-12H2,2-7H3/t18?,22-,30+/m0/s1. The van der Waals surface area contributed by atoms with E-state index >= 15 is 4.39 Å². The van der Waals surface area contributed by atoms with Gasteiger partial charge in [-0.3, -0.25) is 19.1 Å². The first-order valence-corrected chi connectivity index (χ1v) is 14.6. The van der Waals surface area contributed by atoms with Gasteiger partial charge in [0.1, 0.15) is 30.7 Å². The molecule has 0 saturated carbocycles. The zero-order valence-corrected chi connectivity index (χ0v) is 26.4. The molecule has 5 heterocycles. The average Bonchev–Trinajstić information content (AvgIpc) is 3.76. The maximum absolute atomic E-state index is 16.0. The highest BCUT2D eigenvalue weighted by Crippen LogP contribution is 2.38. The van der Waals surface area contributed by atoms with E-state index in [1.165, 1.54) is 24.7 Å². The van der Waals surface area contributed by atoms with Crippen LogP contribution in [0.25, 0.3) is 11.2 Å². The van der Waals surface area contributed by atoms with Crippen molar-refractivity contribution in [2.24, 2.45) is 16.8 Å². The molecular weight excluding hydrogens is 625 g/mol. The molecule has 0 aliphatic carbocycles. The van der Waals surface area contributed by atoms with Crippen molar-refractivity contribution < 1.29 is 45.9 Å². The lowest BCUT2D eigenvalue weighted by atomic mass is 9.95. The topological polar surface area (TPSA) is 197 Å². The molecule has 1 aliphatic rings. The molecule has 1 aliphatic heterocycles. The Balaban J connectivity index is 1.65. The van der Waals surface area contributed by atoms with Crippen molar-refractivity contribution in [3.8, 4) is 12.3 Å². The molecule has 0 aromatic carbocycles. The Labute approximate surface area is 265 Å². The van der Waals surface area contributed by atoms with Crippen LogP contribution in [0.15, 0.2) is 38.6 Å². The van der Waals surface area contributed by atoms with Crippen molar-refractivity contribution in [3.05, 3.63) is 62.2 Å². The van der Waals surface area contributed by atoms with E-state index in [4.69, 9.17) is 38.3 Å². The molecular formula is C30H32FN5O11. The van der Waals surface area contributed by atoms with E-state index in [0.29, 0.717) is 0 Å². The van der Waals surface area contributed by atoms with Crippen molar-refractivity contribution in [2.45, 2.75) is 72.4 Å². The normalized spacial score (nSPS) is 20.0. The van der Waals surface area contributed by atoms with Crippen LogP contribution in [-0.2, 0) is 36.9 Å². The number of terminal acetylenes is 1. The minimum atomic E-state index is -1.69. The molecule has 0 spiro atoms. The quantitative estimate of drug-likeness (QED) is 0.136. The van der Waals surface area contributed by atoms with Crippen LogP contribution in [0.4, 0.5) is 4.39 Å². The van der Waals surface area contributed by atoms with Gasteiger partial charge < -0.3 is 36.4 Å². The first-order chi connectivity index (χ1) is 22.2. The lowest BCUT2D eigenvalue weighted by Gasteiger charge is -2.31. The first-order valence-electron chi connectivity index (χ1n) is 14.6. The lowest BCUT2D eigenvalue weighted by Crippen LogP contribution is -2.48. The van der Waals surface area contributed by atoms with Crippen molar-refractivity contribution >= 4 is 23.1 Å². The number of fused-ring (bicyclic) bond motifs is 1. The monoisotopic (exact) mass is 657 g/mol. The van der Waals surface area contributed by atoms with Crippen molar-refractivity contribution in [2.75, 3.05) is 13.2 Å². The van der Waals surface area contributed by atoms with Gasteiger partial charge in [0.05, 0.1) is 31.3 Å². The molecule has 4 aromatic heterocycles. The molecule has 250 valence electrons. The van der Waals surface area contributed by atoms with Crippen molar-refractivity contribution in [1.29, 1.82) is 0 Å². The first kappa shape index (κ1) is 33.1. The van der Waals surface area contributed by atoms with E-state index in [1.807, 2.05) is 0 Å². The Hall–Kier alpha value is -5.24. The second-order valence-electron chi connectivity index (χ2n) is 11.5. The summed E-state index contributed by atoms with van der Waals surface area (Å²) in [5, 5.41) is 0. The van der Waals surface area contributed by atoms with Crippen LogP contribution >= 0.6 is 0 Å².